The van der Waals surface area contributed by atoms with Crippen molar-refractivity contribution in [1.29, 1.82) is 0 Å². The second-order valence-electron chi connectivity index (χ2n) is 5.81. The van der Waals surface area contributed by atoms with Crippen molar-refractivity contribution in [2.24, 2.45) is 17.6 Å². The molecule has 0 aliphatic heterocycles. The van der Waals surface area contributed by atoms with Gasteiger partial charge in [-0.05, 0) is 37.2 Å². The SMILES string of the molecule is CCC1CCC(C(=O)CC(N)c2ccccc2)CC1. The Balaban J connectivity index is 1.84. The molecule has 1 unspecified atom stereocenters. The molecule has 1 aromatic carbocycles. The summed E-state index contributed by atoms with van der Waals surface area (Å²) in [5.41, 5.74) is 7.20. The van der Waals surface area contributed by atoms with Crippen molar-refractivity contribution in [3.63, 3.8) is 0 Å². The Labute approximate surface area is 116 Å². The van der Waals surface area contributed by atoms with Gasteiger partial charge in [0.2, 0.25) is 0 Å². The van der Waals surface area contributed by atoms with Gasteiger partial charge in [0.05, 0.1) is 0 Å². The maximum atomic E-state index is 12.3. The maximum absolute atomic E-state index is 12.3. The van der Waals surface area contributed by atoms with E-state index in [1.54, 1.807) is 0 Å². The minimum atomic E-state index is -0.141. The summed E-state index contributed by atoms with van der Waals surface area (Å²) in [4.78, 5) is 12.3. The fourth-order valence-corrected chi connectivity index (χ4v) is 3.09. The highest BCUT2D eigenvalue weighted by Gasteiger charge is 2.26. The number of carbonyl (C=O) groups excluding carboxylic acids is 1. The second-order valence-corrected chi connectivity index (χ2v) is 5.81. The van der Waals surface area contributed by atoms with E-state index in [2.05, 4.69) is 6.92 Å². The minimum Gasteiger partial charge on any atom is -0.324 e. The molecule has 2 heteroatoms. The monoisotopic (exact) mass is 259 g/mol. The molecule has 0 heterocycles. The number of benzene rings is 1. The standard InChI is InChI=1S/C17H25NO/c1-2-13-8-10-15(11-9-13)17(19)12-16(18)14-6-4-3-5-7-14/h3-7,13,15-16H,2,8-12,18H2,1H3. The fraction of sp³-hybridized carbons (Fsp3) is 0.588. The summed E-state index contributed by atoms with van der Waals surface area (Å²) in [7, 11) is 0. The molecule has 2 rings (SSSR count). The zero-order valence-electron chi connectivity index (χ0n) is 11.8. The van der Waals surface area contributed by atoms with Crippen LogP contribution in [0.25, 0.3) is 0 Å². The van der Waals surface area contributed by atoms with Gasteiger partial charge in [0, 0.05) is 18.4 Å². The van der Waals surface area contributed by atoms with Crippen LogP contribution in [0.15, 0.2) is 30.3 Å². The van der Waals surface area contributed by atoms with Crippen LogP contribution in [0.3, 0.4) is 0 Å². The number of rotatable bonds is 5. The highest BCUT2D eigenvalue weighted by atomic mass is 16.1. The van der Waals surface area contributed by atoms with Crippen LogP contribution in [0, 0.1) is 11.8 Å². The van der Waals surface area contributed by atoms with Crippen molar-refractivity contribution in [3.05, 3.63) is 35.9 Å². The zero-order chi connectivity index (χ0) is 13.7. The third-order valence-electron chi connectivity index (χ3n) is 4.53. The molecule has 104 valence electrons. The zero-order valence-corrected chi connectivity index (χ0v) is 11.8. The maximum Gasteiger partial charge on any atom is 0.137 e. The van der Waals surface area contributed by atoms with Crippen LogP contribution in [0.1, 0.15) is 57.1 Å². The van der Waals surface area contributed by atoms with E-state index >= 15 is 0 Å². The Morgan fingerprint density at radius 2 is 1.84 bits per heavy atom. The third kappa shape index (κ3) is 3.90. The molecule has 0 radical (unpaired) electrons. The van der Waals surface area contributed by atoms with Crippen molar-refractivity contribution >= 4 is 5.78 Å². The van der Waals surface area contributed by atoms with Crippen molar-refractivity contribution in [3.8, 4) is 0 Å². The molecule has 0 spiro atoms. The van der Waals surface area contributed by atoms with E-state index in [0.29, 0.717) is 12.2 Å². The number of carbonyl (C=O) groups is 1. The second kappa shape index (κ2) is 6.85. The smallest absolute Gasteiger partial charge is 0.137 e. The molecule has 0 aromatic heterocycles. The van der Waals surface area contributed by atoms with Crippen molar-refractivity contribution in [2.75, 3.05) is 0 Å². The summed E-state index contributed by atoms with van der Waals surface area (Å²) in [5, 5.41) is 0. The molecule has 2 N–H and O–H groups in total. The lowest BCUT2D eigenvalue weighted by Crippen LogP contribution is -2.25. The van der Waals surface area contributed by atoms with E-state index in [9.17, 15) is 4.79 Å². The minimum absolute atomic E-state index is 0.141. The predicted molar refractivity (Wildman–Crippen MR) is 78.7 cm³/mol. The highest BCUT2D eigenvalue weighted by Crippen LogP contribution is 2.32. The molecule has 1 aliphatic carbocycles. The fourth-order valence-electron chi connectivity index (χ4n) is 3.09. The first-order valence-corrected chi connectivity index (χ1v) is 7.54. The molecule has 0 saturated heterocycles. The topological polar surface area (TPSA) is 43.1 Å². The summed E-state index contributed by atoms with van der Waals surface area (Å²) >= 11 is 0. The Kier molecular flexibility index (Phi) is 5.15. The summed E-state index contributed by atoms with van der Waals surface area (Å²) in [6, 6.07) is 9.80. The quantitative estimate of drug-likeness (QED) is 0.872. The van der Waals surface area contributed by atoms with E-state index in [1.165, 1.54) is 19.3 Å². The van der Waals surface area contributed by atoms with Gasteiger partial charge >= 0.3 is 0 Å². The van der Waals surface area contributed by atoms with Gasteiger partial charge in [-0.1, -0.05) is 43.7 Å². The van der Waals surface area contributed by atoms with E-state index in [4.69, 9.17) is 5.73 Å². The van der Waals surface area contributed by atoms with Gasteiger partial charge in [0.25, 0.3) is 0 Å². The molecular weight excluding hydrogens is 234 g/mol. The molecular formula is C17H25NO. The van der Waals surface area contributed by atoms with Gasteiger partial charge in [0.15, 0.2) is 0 Å². The Hall–Kier alpha value is -1.15. The molecule has 0 bridgehead atoms. The first-order chi connectivity index (χ1) is 9.20. The molecule has 1 aromatic rings. The van der Waals surface area contributed by atoms with E-state index in [0.717, 1.165) is 24.3 Å². The van der Waals surface area contributed by atoms with E-state index < -0.39 is 0 Å². The lowest BCUT2D eigenvalue weighted by atomic mass is 9.78. The molecule has 1 aliphatic rings. The van der Waals surface area contributed by atoms with Gasteiger partial charge in [-0.15, -0.1) is 0 Å². The van der Waals surface area contributed by atoms with Crippen LogP contribution >= 0.6 is 0 Å². The van der Waals surface area contributed by atoms with Crippen LogP contribution in [0.4, 0.5) is 0 Å². The molecule has 1 atom stereocenters. The highest BCUT2D eigenvalue weighted by molar-refractivity contribution is 5.81. The average molecular weight is 259 g/mol. The van der Waals surface area contributed by atoms with Crippen LogP contribution in [-0.2, 0) is 4.79 Å². The summed E-state index contributed by atoms with van der Waals surface area (Å²) in [6.45, 7) is 2.25. The van der Waals surface area contributed by atoms with Crippen molar-refractivity contribution in [2.45, 2.75) is 51.5 Å². The summed E-state index contributed by atoms with van der Waals surface area (Å²) in [5.74, 6) is 1.47. The largest absolute Gasteiger partial charge is 0.324 e. The number of ketones is 1. The third-order valence-corrected chi connectivity index (χ3v) is 4.53. The molecule has 1 saturated carbocycles. The van der Waals surface area contributed by atoms with Crippen LogP contribution in [0.5, 0.6) is 0 Å². The molecule has 0 amide bonds. The van der Waals surface area contributed by atoms with Gasteiger partial charge in [-0.3, -0.25) is 4.79 Å². The number of hydrogen-bond donors (Lipinski definition) is 1. The summed E-state index contributed by atoms with van der Waals surface area (Å²) < 4.78 is 0. The molecule has 2 nitrogen and oxygen atoms in total. The lowest BCUT2D eigenvalue weighted by molar-refractivity contribution is -0.124. The lowest BCUT2D eigenvalue weighted by Gasteiger charge is -2.27. The van der Waals surface area contributed by atoms with Gasteiger partial charge in [-0.2, -0.15) is 0 Å². The first-order valence-electron chi connectivity index (χ1n) is 7.54. The van der Waals surface area contributed by atoms with Crippen molar-refractivity contribution < 1.29 is 4.79 Å². The van der Waals surface area contributed by atoms with Crippen LogP contribution in [-0.4, -0.2) is 5.78 Å². The first kappa shape index (κ1) is 14.3. The van der Waals surface area contributed by atoms with Crippen molar-refractivity contribution in [1.82, 2.24) is 0 Å². The Bertz CT molecular complexity index is 393. The Morgan fingerprint density at radius 3 is 2.42 bits per heavy atom. The normalized spacial score (nSPS) is 24.9. The van der Waals surface area contributed by atoms with E-state index in [1.807, 2.05) is 30.3 Å². The number of nitrogens with two attached hydrogens (primary N) is 1. The van der Waals surface area contributed by atoms with Gasteiger partial charge < -0.3 is 5.73 Å². The van der Waals surface area contributed by atoms with E-state index in [-0.39, 0.29) is 12.0 Å². The molecule has 1 fully saturated rings. The predicted octanol–water partition coefficient (Wildman–Crippen LogP) is 3.86. The number of Topliss-reactive ketones (excluding diaryl/α,β-unsaturated/α-hetero) is 1. The average Bonchev–Trinajstić information content (AvgIpc) is 2.48. The Morgan fingerprint density at radius 1 is 1.21 bits per heavy atom. The van der Waals surface area contributed by atoms with Crippen LogP contribution in [0.2, 0.25) is 0 Å². The van der Waals surface area contributed by atoms with Gasteiger partial charge in [-0.25, -0.2) is 0 Å². The van der Waals surface area contributed by atoms with Crippen LogP contribution < -0.4 is 5.73 Å². The van der Waals surface area contributed by atoms with Gasteiger partial charge in [0.1, 0.15) is 5.78 Å². The molecule has 19 heavy (non-hydrogen) atoms. The summed E-state index contributed by atoms with van der Waals surface area (Å²) in [6.07, 6.45) is 6.31. The number of hydrogen-bond acceptors (Lipinski definition) is 2.